The minimum atomic E-state index is -1.05. The van der Waals surface area contributed by atoms with Crippen molar-refractivity contribution < 1.29 is 0 Å². The topological polar surface area (TPSA) is 12.0 Å². The summed E-state index contributed by atoms with van der Waals surface area (Å²) in [6.45, 7) is 18.8. The second-order valence-corrected chi connectivity index (χ2v) is 12.4. The summed E-state index contributed by atoms with van der Waals surface area (Å²) in [6.07, 6.45) is 6.49. The van der Waals surface area contributed by atoms with Crippen molar-refractivity contribution in [1.29, 1.82) is 0 Å². The van der Waals surface area contributed by atoms with Gasteiger partial charge in [-0.25, -0.2) is 0 Å². The Morgan fingerprint density at radius 2 is 1.67 bits per heavy atom. The van der Waals surface area contributed by atoms with Crippen LogP contribution in [-0.2, 0) is 0 Å². The summed E-state index contributed by atoms with van der Waals surface area (Å²) in [5.41, 5.74) is 1.71. The van der Waals surface area contributed by atoms with Gasteiger partial charge in [0.05, 0.1) is 0 Å². The van der Waals surface area contributed by atoms with E-state index in [0.717, 1.165) is 0 Å². The SMILES string of the molecule is C=C(NC)C(CCC)C(CC)(CC)C[PH](C)(C)C. The summed E-state index contributed by atoms with van der Waals surface area (Å²) in [5, 5.41) is 3.33. The number of hydrogen-bond acceptors (Lipinski definition) is 1. The zero-order chi connectivity index (χ0) is 14.4. The molecule has 110 valence electrons. The van der Waals surface area contributed by atoms with Crippen molar-refractivity contribution in [3.05, 3.63) is 12.3 Å². The molecule has 0 spiro atoms. The molecule has 0 fully saturated rings. The molecule has 0 saturated carbocycles. The molecule has 0 aromatic heterocycles. The first-order chi connectivity index (χ1) is 8.26. The number of allylic oxidation sites excluding steroid dienone is 1. The van der Waals surface area contributed by atoms with E-state index in [1.165, 1.54) is 37.5 Å². The summed E-state index contributed by atoms with van der Waals surface area (Å²) in [7, 11) is 0.970. The van der Waals surface area contributed by atoms with Gasteiger partial charge in [-0.2, -0.15) is 0 Å². The van der Waals surface area contributed by atoms with Gasteiger partial charge in [0.1, 0.15) is 0 Å². The fourth-order valence-corrected chi connectivity index (χ4v) is 6.34. The average Bonchev–Trinajstić information content (AvgIpc) is 2.31. The molecule has 0 bridgehead atoms. The van der Waals surface area contributed by atoms with Crippen molar-refractivity contribution in [3.8, 4) is 0 Å². The predicted octanol–water partition coefficient (Wildman–Crippen LogP) is 4.58. The molecule has 0 saturated heterocycles. The van der Waals surface area contributed by atoms with Crippen LogP contribution in [0.15, 0.2) is 12.3 Å². The van der Waals surface area contributed by atoms with Gasteiger partial charge in [-0.1, -0.05) is 0 Å². The maximum absolute atomic E-state index is 4.29. The Morgan fingerprint density at radius 1 is 1.17 bits per heavy atom. The molecule has 0 aliphatic carbocycles. The third-order valence-electron chi connectivity index (χ3n) is 4.35. The summed E-state index contributed by atoms with van der Waals surface area (Å²) in [4.78, 5) is 0. The first kappa shape index (κ1) is 18.0. The monoisotopic (exact) mass is 273 g/mol. The minimum absolute atomic E-state index is 0.459. The van der Waals surface area contributed by atoms with Crippen molar-refractivity contribution >= 4 is 7.26 Å². The van der Waals surface area contributed by atoms with Crippen LogP contribution in [0.2, 0.25) is 0 Å². The van der Waals surface area contributed by atoms with Crippen LogP contribution in [0, 0.1) is 11.3 Å². The molecule has 0 aromatic carbocycles. The Bertz CT molecular complexity index is 248. The zero-order valence-corrected chi connectivity index (χ0v) is 14.8. The third kappa shape index (κ3) is 4.92. The van der Waals surface area contributed by atoms with E-state index in [4.69, 9.17) is 0 Å². The molecule has 0 heterocycles. The van der Waals surface area contributed by atoms with Gasteiger partial charge in [0.25, 0.3) is 0 Å². The second-order valence-electron chi connectivity index (χ2n) is 6.92. The van der Waals surface area contributed by atoms with Gasteiger partial charge in [0.2, 0.25) is 0 Å². The molecular formula is C16H36NP. The molecule has 1 unspecified atom stereocenters. The Balaban J connectivity index is 5.29. The molecule has 0 aliphatic heterocycles. The molecule has 0 rings (SSSR count). The van der Waals surface area contributed by atoms with Gasteiger partial charge in [0.15, 0.2) is 0 Å². The van der Waals surface area contributed by atoms with E-state index >= 15 is 0 Å². The van der Waals surface area contributed by atoms with E-state index in [9.17, 15) is 0 Å². The first-order valence-electron chi connectivity index (χ1n) is 7.62. The van der Waals surface area contributed by atoms with E-state index in [-0.39, 0.29) is 0 Å². The third-order valence-corrected chi connectivity index (χ3v) is 6.11. The van der Waals surface area contributed by atoms with E-state index in [0.29, 0.717) is 11.3 Å². The van der Waals surface area contributed by atoms with E-state index in [1.807, 2.05) is 7.05 Å². The summed E-state index contributed by atoms with van der Waals surface area (Å²) >= 11 is 0. The Morgan fingerprint density at radius 3 is 1.94 bits per heavy atom. The van der Waals surface area contributed by atoms with Gasteiger partial charge in [0, 0.05) is 0 Å². The van der Waals surface area contributed by atoms with Crippen LogP contribution in [0.25, 0.3) is 0 Å². The van der Waals surface area contributed by atoms with Crippen LogP contribution in [-0.4, -0.2) is 33.2 Å². The Kier molecular flexibility index (Phi) is 7.52. The molecule has 0 aromatic rings. The molecule has 1 atom stereocenters. The summed E-state index contributed by atoms with van der Waals surface area (Å²) < 4.78 is 0. The van der Waals surface area contributed by atoms with E-state index < -0.39 is 7.26 Å². The zero-order valence-electron chi connectivity index (χ0n) is 13.8. The number of rotatable bonds is 9. The molecule has 0 aliphatic rings. The molecule has 1 N–H and O–H groups in total. The first-order valence-corrected chi connectivity index (χ1v) is 11.3. The van der Waals surface area contributed by atoms with Gasteiger partial charge in [-0.05, 0) is 0 Å². The Hall–Kier alpha value is -0.0300. The van der Waals surface area contributed by atoms with Crippen LogP contribution >= 0.6 is 7.26 Å². The van der Waals surface area contributed by atoms with Crippen LogP contribution in [0.4, 0.5) is 0 Å². The fourth-order valence-electron chi connectivity index (χ4n) is 3.49. The number of hydrogen-bond donors (Lipinski definition) is 1. The fraction of sp³-hybridized carbons (Fsp3) is 0.875. The summed E-state index contributed by atoms with van der Waals surface area (Å²) in [5.74, 6) is 0.634. The van der Waals surface area contributed by atoms with Crippen molar-refractivity contribution in [2.75, 3.05) is 33.2 Å². The standard InChI is InChI=1S/C16H36NP/c1-9-12-15(14(4)17-5)16(10-2,11-3)13-18(6,7)8/h15,17-18H,4,9-13H2,1-3,5-8H3. The van der Waals surface area contributed by atoms with E-state index in [1.54, 1.807) is 0 Å². The predicted molar refractivity (Wildman–Crippen MR) is 90.6 cm³/mol. The second kappa shape index (κ2) is 7.53. The molecular weight excluding hydrogens is 237 g/mol. The van der Waals surface area contributed by atoms with Crippen LogP contribution < -0.4 is 5.32 Å². The van der Waals surface area contributed by atoms with Gasteiger partial charge >= 0.3 is 116 Å². The van der Waals surface area contributed by atoms with Crippen molar-refractivity contribution in [3.63, 3.8) is 0 Å². The maximum atomic E-state index is 4.29. The van der Waals surface area contributed by atoms with Crippen molar-refractivity contribution in [2.24, 2.45) is 11.3 Å². The molecule has 0 radical (unpaired) electrons. The van der Waals surface area contributed by atoms with Crippen molar-refractivity contribution in [1.82, 2.24) is 5.32 Å². The number of nitrogens with one attached hydrogen (secondary N) is 1. The van der Waals surface area contributed by atoms with E-state index in [2.05, 4.69) is 52.7 Å². The van der Waals surface area contributed by atoms with Crippen molar-refractivity contribution in [2.45, 2.75) is 46.5 Å². The van der Waals surface area contributed by atoms with Crippen LogP contribution in [0.3, 0.4) is 0 Å². The normalized spacial score (nSPS) is 15.3. The quantitative estimate of drug-likeness (QED) is 0.606. The van der Waals surface area contributed by atoms with Gasteiger partial charge in [-0.3, -0.25) is 0 Å². The van der Waals surface area contributed by atoms with Gasteiger partial charge in [-0.15, -0.1) is 0 Å². The molecule has 18 heavy (non-hydrogen) atoms. The summed E-state index contributed by atoms with van der Waals surface area (Å²) in [6, 6.07) is 0. The average molecular weight is 273 g/mol. The Labute approximate surface area is 116 Å². The van der Waals surface area contributed by atoms with Gasteiger partial charge < -0.3 is 0 Å². The molecule has 1 nitrogen and oxygen atoms in total. The molecule has 0 amide bonds. The molecule has 2 heteroatoms. The van der Waals surface area contributed by atoms with Crippen LogP contribution in [0.5, 0.6) is 0 Å². The van der Waals surface area contributed by atoms with Crippen LogP contribution in [0.1, 0.15) is 46.5 Å².